The van der Waals surface area contributed by atoms with Gasteiger partial charge in [-0.25, -0.2) is 9.37 Å². The molecule has 3 fully saturated rings. The predicted octanol–water partition coefficient (Wildman–Crippen LogP) is 5.03. The van der Waals surface area contributed by atoms with Crippen molar-refractivity contribution in [3.63, 3.8) is 0 Å². The first-order valence-electron chi connectivity index (χ1n) is 13.2. The molecule has 1 amide bonds. The zero-order valence-corrected chi connectivity index (χ0v) is 24.2. The summed E-state index contributed by atoms with van der Waals surface area (Å²) in [6, 6.07) is 3.80. The number of likely N-dealkylation sites (tertiary alicyclic amines) is 1. The van der Waals surface area contributed by atoms with Crippen LogP contribution in [-0.4, -0.2) is 60.1 Å². The minimum Gasteiger partial charge on any atom is -0.772 e. The van der Waals surface area contributed by atoms with Crippen LogP contribution in [0.4, 0.5) is 17.6 Å². The van der Waals surface area contributed by atoms with Gasteiger partial charge in [-0.15, -0.1) is 0 Å². The average Bonchev–Trinajstić information content (AvgIpc) is 3.79. The summed E-state index contributed by atoms with van der Waals surface area (Å²) in [6.07, 6.45) is 0.992. The highest BCUT2D eigenvalue weighted by Gasteiger charge is 2.33. The number of ether oxygens (including phenoxy) is 1. The van der Waals surface area contributed by atoms with Gasteiger partial charge < -0.3 is 20.1 Å². The third kappa shape index (κ3) is 10.5. The lowest BCUT2D eigenvalue weighted by Gasteiger charge is -2.32. The number of halogens is 5. The molecule has 3 aliphatic rings. The third-order valence-corrected chi connectivity index (χ3v) is 7.94. The van der Waals surface area contributed by atoms with E-state index < -0.39 is 40.5 Å². The van der Waals surface area contributed by atoms with Crippen molar-refractivity contribution >= 4 is 34.6 Å². The number of piperidine rings is 1. The summed E-state index contributed by atoms with van der Waals surface area (Å²) >= 11 is 4.17. The number of aromatic nitrogens is 1. The normalized spacial score (nSPS) is 18.2. The number of rotatable bonds is 7. The van der Waals surface area contributed by atoms with E-state index in [1.54, 1.807) is 6.07 Å². The molecule has 0 bridgehead atoms. The Morgan fingerprint density at radius 3 is 2.19 bits per heavy atom. The van der Waals surface area contributed by atoms with Gasteiger partial charge in [0, 0.05) is 38.0 Å². The van der Waals surface area contributed by atoms with Crippen LogP contribution < -0.4 is 10.5 Å². The number of amides is 1. The van der Waals surface area contributed by atoms with Crippen LogP contribution in [-0.2, 0) is 28.6 Å². The van der Waals surface area contributed by atoms with Crippen molar-refractivity contribution in [3.8, 4) is 5.88 Å². The number of benzene rings is 1. The Labute approximate surface area is 247 Å². The summed E-state index contributed by atoms with van der Waals surface area (Å²) in [7, 11) is 0. The second kappa shape index (κ2) is 14.6. The molecule has 2 aromatic rings. The maximum absolute atomic E-state index is 14.3. The topological polar surface area (TPSA) is 146 Å². The van der Waals surface area contributed by atoms with Crippen molar-refractivity contribution in [1.82, 2.24) is 9.88 Å². The smallest absolute Gasteiger partial charge is 0.417 e. The minimum absolute atomic E-state index is 0.0155. The van der Waals surface area contributed by atoms with Crippen LogP contribution in [0.2, 0.25) is 5.02 Å². The fourth-order valence-corrected chi connectivity index (χ4v) is 4.97. The van der Waals surface area contributed by atoms with Crippen LogP contribution in [0.5, 0.6) is 5.88 Å². The Morgan fingerprint density at radius 1 is 1.17 bits per heavy atom. The molecule has 1 aromatic heterocycles. The maximum Gasteiger partial charge on any atom is 0.417 e. The molecule has 232 valence electrons. The van der Waals surface area contributed by atoms with Crippen LogP contribution in [0.25, 0.3) is 0 Å². The molecule has 1 aromatic carbocycles. The minimum atomic E-state index is -4.52. The number of nitrogens with two attached hydrogens (primary N) is 1. The molecule has 5 rings (SSSR count). The number of aliphatic carboxylic acids is 1. The first-order chi connectivity index (χ1) is 19.6. The van der Waals surface area contributed by atoms with Crippen molar-refractivity contribution in [3.05, 3.63) is 57.5 Å². The first kappa shape index (κ1) is 33.7. The molecule has 2 saturated carbocycles. The van der Waals surface area contributed by atoms with Crippen LogP contribution in [0.3, 0.4) is 0 Å². The summed E-state index contributed by atoms with van der Waals surface area (Å²) in [5.74, 6) is -1.90. The van der Waals surface area contributed by atoms with E-state index in [2.05, 4.69) is 9.88 Å². The van der Waals surface area contributed by atoms with Crippen molar-refractivity contribution in [2.75, 3.05) is 13.1 Å². The number of carbonyl (C=O) groups excluding carboxylic acids is 1. The Balaban J connectivity index is 0.000000412. The lowest BCUT2D eigenvalue weighted by molar-refractivity contribution is -0.138. The molecule has 2 heterocycles. The second-order valence-corrected chi connectivity index (χ2v) is 11.8. The summed E-state index contributed by atoms with van der Waals surface area (Å²) in [4.78, 5) is 26.4. The van der Waals surface area contributed by atoms with Gasteiger partial charge in [-0.1, -0.05) is 22.7 Å². The Morgan fingerprint density at radius 2 is 1.76 bits per heavy atom. The number of hydrogen-bond acceptors (Lipinski definition) is 7. The van der Waals surface area contributed by atoms with Crippen LogP contribution in [0, 0.1) is 5.82 Å². The third-order valence-electron chi connectivity index (χ3n) is 6.65. The molecule has 2 aliphatic carbocycles. The molecular weight excluding hydrogens is 606 g/mol. The summed E-state index contributed by atoms with van der Waals surface area (Å²) < 4.78 is 77.9. The van der Waals surface area contributed by atoms with Crippen molar-refractivity contribution in [2.24, 2.45) is 5.73 Å². The van der Waals surface area contributed by atoms with Gasteiger partial charge in [-0.05, 0) is 73.8 Å². The standard InChI is InChI=1S/C22H22ClF4N3O2.C3H6O2S.C2H4O2/c23-18-8-14(22(25,26)27)10-29-21(18)32-15-3-5-30(6-4-15)11-13-7-19(24)17(20(28)31)9-16(13)12-1-2-12;4-6(5)3-1-2-3;1-2(3)4/h7-10,12,15H,1-6,11H2,(H2,28,31);3H,1-2H2,(H,4,5);1H3,(H,3,4)/p-1. The van der Waals surface area contributed by atoms with Crippen molar-refractivity contribution < 1.29 is 45.8 Å². The van der Waals surface area contributed by atoms with E-state index in [1.165, 1.54) is 6.07 Å². The fraction of sp³-hybridized carbons (Fsp3) is 0.519. The summed E-state index contributed by atoms with van der Waals surface area (Å²) in [5, 5.41) is 7.26. The summed E-state index contributed by atoms with van der Waals surface area (Å²) in [5.41, 5.74) is 6.10. The highest BCUT2D eigenvalue weighted by Crippen LogP contribution is 2.43. The maximum atomic E-state index is 14.3. The Bertz CT molecular complexity index is 1300. The second-order valence-electron chi connectivity index (χ2n) is 10.3. The Hall–Kier alpha value is -2.81. The molecule has 3 N–H and O–H groups in total. The molecule has 1 unspecified atom stereocenters. The molecule has 15 heteroatoms. The van der Waals surface area contributed by atoms with E-state index in [1.807, 2.05) is 0 Å². The van der Waals surface area contributed by atoms with Gasteiger partial charge in [0.1, 0.15) is 16.9 Å². The first-order valence-corrected chi connectivity index (χ1v) is 14.7. The molecule has 1 aliphatic heterocycles. The number of hydrogen-bond donors (Lipinski definition) is 2. The number of primary amides is 1. The number of pyridine rings is 1. The van der Waals surface area contributed by atoms with E-state index in [-0.39, 0.29) is 27.8 Å². The average molecular weight is 637 g/mol. The quantitative estimate of drug-likeness (QED) is 0.318. The van der Waals surface area contributed by atoms with Crippen LogP contribution in [0.1, 0.15) is 78.4 Å². The van der Waals surface area contributed by atoms with Gasteiger partial charge in [0.2, 0.25) is 5.88 Å². The van der Waals surface area contributed by atoms with Crippen LogP contribution >= 0.6 is 11.6 Å². The molecule has 42 heavy (non-hydrogen) atoms. The van der Waals surface area contributed by atoms with E-state index in [4.69, 9.17) is 32.0 Å². The van der Waals surface area contributed by atoms with Gasteiger partial charge in [0.25, 0.3) is 11.9 Å². The predicted molar refractivity (Wildman–Crippen MR) is 145 cm³/mol. The van der Waals surface area contributed by atoms with E-state index in [0.29, 0.717) is 44.6 Å². The lowest BCUT2D eigenvalue weighted by Crippen LogP contribution is -2.38. The van der Waals surface area contributed by atoms with Gasteiger partial charge in [0.05, 0.1) is 11.1 Å². The highest BCUT2D eigenvalue weighted by molar-refractivity contribution is 7.80. The SMILES string of the molecule is CC(=O)O.NC(=O)c1cc(C2CC2)c(CN2CCC(Oc3ncc(C(F)(F)F)cc3Cl)CC2)cc1F.O=S([O-])C1CC1. The van der Waals surface area contributed by atoms with E-state index in [0.717, 1.165) is 49.8 Å². The number of carboxylic acids is 1. The molecule has 9 nitrogen and oxygen atoms in total. The number of alkyl halides is 3. The lowest BCUT2D eigenvalue weighted by atomic mass is 9.97. The van der Waals surface area contributed by atoms with Crippen molar-refractivity contribution in [2.45, 2.75) is 75.4 Å². The molecule has 0 radical (unpaired) electrons. The molecule has 0 spiro atoms. The zero-order chi connectivity index (χ0) is 31.2. The summed E-state index contributed by atoms with van der Waals surface area (Å²) in [6.45, 7) is 2.94. The zero-order valence-electron chi connectivity index (χ0n) is 22.7. The Kier molecular flexibility index (Phi) is 11.7. The van der Waals surface area contributed by atoms with E-state index >= 15 is 0 Å². The number of carbonyl (C=O) groups is 2. The molecular formula is C27H31ClF4N3O6S-. The van der Waals surface area contributed by atoms with Gasteiger partial charge >= 0.3 is 6.18 Å². The number of carboxylic acid groups (broad SMARTS) is 1. The van der Waals surface area contributed by atoms with Gasteiger partial charge in [0.15, 0.2) is 0 Å². The largest absolute Gasteiger partial charge is 0.772 e. The fourth-order valence-electron chi connectivity index (χ4n) is 4.24. The molecule has 1 atom stereocenters. The van der Waals surface area contributed by atoms with Crippen LogP contribution in [0.15, 0.2) is 24.4 Å². The number of nitrogens with zero attached hydrogens (tertiary/aromatic N) is 2. The van der Waals surface area contributed by atoms with Crippen molar-refractivity contribution in [1.29, 1.82) is 0 Å². The monoisotopic (exact) mass is 636 g/mol. The highest BCUT2D eigenvalue weighted by atomic mass is 35.5. The van der Waals surface area contributed by atoms with Gasteiger partial charge in [-0.3, -0.25) is 18.7 Å². The van der Waals surface area contributed by atoms with Gasteiger partial charge in [-0.2, -0.15) is 13.2 Å². The van der Waals surface area contributed by atoms with E-state index in [9.17, 15) is 31.1 Å². The molecule has 1 saturated heterocycles.